The summed E-state index contributed by atoms with van der Waals surface area (Å²) in [7, 11) is 0. The molecule has 25 heavy (non-hydrogen) atoms. The van der Waals surface area contributed by atoms with Gasteiger partial charge in [-0.1, -0.05) is 71.6 Å². The molecule has 0 aromatic heterocycles. The lowest BCUT2D eigenvalue weighted by Gasteiger charge is -2.40. The molecule has 0 bridgehead atoms. The van der Waals surface area contributed by atoms with Crippen LogP contribution in [0.1, 0.15) is 36.4 Å². The second kappa shape index (κ2) is 7.96. The number of hydrogen-bond acceptors (Lipinski definition) is 2. The van der Waals surface area contributed by atoms with Crippen molar-refractivity contribution < 1.29 is 9.90 Å². The number of aliphatic carboxylic acids is 1. The summed E-state index contributed by atoms with van der Waals surface area (Å²) in [6, 6.07) is 12.0. The van der Waals surface area contributed by atoms with Crippen molar-refractivity contribution in [2.24, 2.45) is 0 Å². The summed E-state index contributed by atoms with van der Waals surface area (Å²) in [6.45, 7) is 0.662. The van der Waals surface area contributed by atoms with Gasteiger partial charge in [-0.15, -0.1) is 0 Å². The Hall–Kier alpha value is -1.26. The molecule has 1 N–H and O–H groups in total. The van der Waals surface area contributed by atoms with Crippen LogP contribution in [0.5, 0.6) is 0 Å². The molecule has 1 heterocycles. The lowest BCUT2D eigenvalue weighted by atomic mass is 9.91. The minimum absolute atomic E-state index is 0.360. The minimum Gasteiger partial charge on any atom is -0.480 e. The minimum atomic E-state index is -0.824. The van der Waals surface area contributed by atoms with Crippen molar-refractivity contribution in [2.75, 3.05) is 6.54 Å². The summed E-state index contributed by atoms with van der Waals surface area (Å²) in [6.07, 6.45) is 2.43. The maximum atomic E-state index is 11.8. The molecule has 2 aromatic rings. The molecule has 1 saturated heterocycles. The molecule has 2 aromatic carbocycles. The molecule has 2 unspecified atom stereocenters. The fourth-order valence-electron chi connectivity index (χ4n) is 3.48. The number of likely N-dealkylation sites (tertiary alicyclic amines) is 1. The number of halogens is 3. The second-order valence-electron chi connectivity index (χ2n) is 6.15. The van der Waals surface area contributed by atoms with E-state index in [-0.39, 0.29) is 6.04 Å². The lowest BCUT2D eigenvalue weighted by Crippen LogP contribution is -2.47. The number of rotatable bonds is 4. The van der Waals surface area contributed by atoms with Gasteiger partial charge in [-0.2, -0.15) is 0 Å². The third-order valence-electron chi connectivity index (χ3n) is 4.64. The highest BCUT2D eigenvalue weighted by Gasteiger charge is 2.36. The second-order valence-corrected chi connectivity index (χ2v) is 7.35. The number of piperidine rings is 1. The normalized spacial score (nSPS) is 19.6. The van der Waals surface area contributed by atoms with Crippen LogP contribution < -0.4 is 0 Å². The quantitative estimate of drug-likeness (QED) is 0.720. The molecule has 1 aliphatic rings. The van der Waals surface area contributed by atoms with E-state index in [0.717, 1.165) is 24.0 Å². The van der Waals surface area contributed by atoms with Crippen molar-refractivity contribution in [1.29, 1.82) is 0 Å². The first-order valence-corrected chi connectivity index (χ1v) is 9.31. The van der Waals surface area contributed by atoms with Gasteiger partial charge in [-0.05, 0) is 42.6 Å². The van der Waals surface area contributed by atoms with Crippen molar-refractivity contribution in [3.8, 4) is 0 Å². The van der Waals surface area contributed by atoms with Gasteiger partial charge in [0.1, 0.15) is 6.04 Å². The molecule has 1 fully saturated rings. The van der Waals surface area contributed by atoms with E-state index < -0.39 is 12.0 Å². The van der Waals surface area contributed by atoms with Crippen LogP contribution in [0, 0.1) is 0 Å². The van der Waals surface area contributed by atoms with Crippen molar-refractivity contribution in [2.45, 2.75) is 31.3 Å². The summed E-state index contributed by atoms with van der Waals surface area (Å²) in [5.41, 5.74) is 1.61. The van der Waals surface area contributed by atoms with Gasteiger partial charge in [-0.3, -0.25) is 9.69 Å². The fourth-order valence-corrected chi connectivity index (χ4v) is 4.13. The van der Waals surface area contributed by atoms with E-state index in [1.165, 1.54) is 0 Å². The molecule has 0 spiro atoms. The van der Waals surface area contributed by atoms with Gasteiger partial charge in [0.15, 0.2) is 0 Å². The number of benzene rings is 2. The smallest absolute Gasteiger partial charge is 0.320 e. The highest BCUT2D eigenvalue weighted by molar-refractivity contribution is 6.42. The summed E-state index contributed by atoms with van der Waals surface area (Å²) in [5.74, 6) is -0.824. The van der Waals surface area contributed by atoms with Crippen molar-refractivity contribution in [3.63, 3.8) is 0 Å². The standard InChI is InChI=1S/C19H18Cl3NO2/c20-14-8-2-1-6-12(14)18(13-7-5-9-15(21)17(13)22)23-11-4-3-10-16(23)19(24)25/h1-2,5-9,16,18H,3-4,10-11H2,(H,24,25). The molecular formula is C19H18Cl3NO2. The van der Waals surface area contributed by atoms with Gasteiger partial charge in [-0.25, -0.2) is 0 Å². The van der Waals surface area contributed by atoms with Crippen LogP contribution in [-0.2, 0) is 4.79 Å². The molecule has 0 amide bonds. The van der Waals surface area contributed by atoms with Crippen molar-refractivity contribution in [1.82, 2.24) is 4.90 Å². The van der Waals surface area contributed by atoms with Crippen molar-refractivity contribution in [3.05, 3.63) is 68.7 Å². The first-order valence-electron chi connectivity index (χ1n) is 8.17. The number of carboxylic acid groups (broad SMARTS) is 1. The van der Waals surface area contributed by atoms with E-state index in [1.54, 1.807) is 6.07 Å². The molecule has 0 radical (unpaired) electrons. The lowest BCUT2D eigenvalue weighted by molar-refractivity contribution is -0.145. The summed E-state index contributed by atoms with van der Waals surface area (Å²) >= 11 is 19.2. The molecule has 3 rings (SSSR count). The van der Waals surface area contributed by atoms with Crippen LogP contribution in [0.4, 0.5) is 0 Å². The molecule has 3 nitrogen and oxygen atoms in total. The first kappa shape index (κ1) is 18.5. The Morgan fingerprint density at radius 3 is 2.40 bits per heavy atom. The zero-order valence-corrected chi connectivity index (χ0v) is 15.7. The highest BCUT2D eigenvalue weighted by Crippen LogP contribution is 2.41. The van der Waals surface area contributed by atoms with Gasteiger partial charge in [0.25, 0.3) is 0 Å². The van der Waals surface area contributed by atoms with E-state index >= 15 is 0 Å². The first-order chi connectivity index (χ1) is 12.0. The Balaban J connectivity index is 2.17. The van der Waals surface area contributed by atoms with E-state index in [2.05, 4.69) is 0 Å². The van der Waals surface area contributed by atoms with E-state index in [1.807, 2.05) is 41.3 Å². The van der Waals surface area contributed by atoms with Crippen LogP contribution in [-0.4, -0.2) is 28.6 Å². The monoisotopic (exact) mass is 397 g/mol. The molecular weight excluding hydrogens is 381 g/mol. The van der Waals surface area contributed by atoms with Crippen LogP contribution in [0.15, 0.2) is 42.5 Å². The summed E-state index contributed by atoms with van der Waals surface area (Å²) < 4.78 is 0. The Labute approximate surface area is 162 Å². The zero-order chi connectivity index (χ0) is 18.0. The van der Waals surface area contributed by atoms with Crippen LogP contribution >= 0.6 is 34.8 Å². The van der Waals surface area contributed by atoms with Crippen LogP contribution in [0.3, 0.4) is 0 Å². The topological polar surface area (TPSA) is 40.5 Å². The molecule has 132 valence electrons. The average Bonchev–Trinajstić information content (AvgIpc) is 2.60. The predicted octanol–water partition coefficient (Wildman–Crippen LogP) is 5.68. The van der Waals surface area contributed by atoms with Gasteiger partial charge in [0.2, 0.25) is 0 Å². The van der Waals surface area contributed by atoms with Crippen LogP contribution in [0.25, 0.3) is 0 Å². The van der Waals surface area contributed by atoms with E-state index in [0.29, 0.717) is 28.0 Å². The Morgan fingerprint density at radius 1 is 1.00 bits per heavy atom. The maximum Gasteiger partial charge on any atom is 0.320 e. The number of carboxylic acids is 1. The number of hydrogen-bond donors (Lipinski definition) is 1. The van der Waals surface area contributed by atoms with Gasteiger partial charge < -0.3 is 5.11 Å². The Kier molecular flexibility index (Phi) is 5.90. The third-order valence-corrected chi connectivity index (χ3v) is 5.81. The van der Waals surface area contributed by atoms with Gasteiger partial charge >= 0.3 is 5.97 Å². The fraction of sp³-hybridized carbons (Fsp3) is 0.316. The molecule has 1 aliphatic heterocycles. The maximum absolute atomic E-state index is 11.8. The largest absolute Gasteiger partial charge is 0.480 e. The SMILES string of the molecule is O=C(O)C1CCCCN1C(c1ccccc1Cl)c1cccc(Cl)c1Cl. The molecule has 2 atom stereocenters. The van der Waals surface area contributed by atoms with E-state index in [9.17, 15) is 9.90 Å². The van der Waals surface area contributed by atoms with Crippen molar-refractivity contribution >= 4 is 40.8 Å². The molecule has 6 heteroatoms. The Bertz CT molecular complexity index is 781. The number of nitrogens with zero attached hydrogens (tertiary/aromatic N) is 1. The highest BCUT2D eigenvalue weighted by atomic mass is 35.5. The number of carbonyl (C=O) groups is 1. The summed E-state index contributed by atoms with van der Waals surface area (Å²) in [5, 5.41) is 11.2. The van der Waals surface area contributed by atoms with Gasteiger partial charge in [0, 0.05) is 5.02 Å². The Morgan fingerprint density at radius 2 is 1.68 bits per heavy atom. The zero-order valence-electron chi connectivity index (χ0n) is 13.5. The third kappa shape index (κ3) is 3.80. The predicted molar refractivity (Wildman–Crippen MR) is 102 cm³/mol. The van der Waals surface area contributed by atoms with E-state index in [4.69, 9.17) is 34.8 Å². The average molecular weight is 399 g/mol. The summed E-state index contributed by atoms with van der Waals surface area (Å²) in [4.78, 5) is 13.8. The van der Waals surface area contributed by atoms with Gasteiger partial charge in [0.05, 0.1) is 16.1 Å². The van der Waals surface area contributed by atoms with Crippen LogP contribution in [0.2, 0.25) is 15.1 Å². The molecule has 0 aliphatic carbocycles. The molecule has 0 saturated carbocycles.